The third kappa shape index (κ3) is 5.25. The van der Waals surface area contributed by atoms with E-state index in [0.717, 1.165) is 22.8 Å². The summed E-state index contributed by atoms with van der Waals surface area (Å²) in [6.07, 6.45) is 0. The van der Waals surface area contributed by atoms with Crippen LogP contribution in [0.3, 0.4) is 0 Å². The molecule has 0 fully saturated rings. The zero-order valence-electron chi connectivity index (χ0n) is 11.3. The maximum absolute atomic E-state index is 4.23. The van der Waals surface area contributed by atoms with Crippen molar-refractivity contribution in [2.24, 2.45) is 0 Å². The van der Waals surface area contributed by atoms with Crippen molar-refractivity contribution in [3.05, 3.63) is 58.7 Å². The van der Waals surface area contributed by atoms with E-state index in [9.17, 15) is 0 Å². The Morgan fingerprint density at radius 3 is 1.35 bits per heavy atom. The molecule has 2 nitrogen and oxygen atoms in total. The lowest BCUT2D eigenvalue weighted by atomic mass is 10.2. The zero-order chi connectivity index (χ0) is 12.8. The molecule has 0 radical (unpaired) electrons. The molecular formula is C15H20N2. The standard InChI is InChI=1S/C8H11N.C7H9N/c1-6-4-7(2)9-8(3)5-6;1-6-4-3-5-7(2)8-6/h4-5H,1-3H3;3-5H,1-2H3. The average molecular weight is 228 g/mol. The summed E-state index contributed by atoms with van der Waals surface area (Å²) in [5.41, 5.74) is 5.68. The summed E-state index contributed by atoms with van der Waals surface area (Å²) in [5, 5.41) is 0. The molecule has 0 aromatic carbocycles. The van der Waals surface area contributed by atoms with Crippen LogP contribution in [0.15, 0.2) is 30.3 Å². The molecule has 17 heavy (non-hydrogen) atoms. The molecule has 2 aromatic heterocycles. The highest BCUT2D eigenvalue weighted by molar-refractivity contribution is 5.18. The van der Waals surface area contributed by atoms with E-state index in [2.05, 4.69) is 29.0 Å². The smallest absolute Gasteiger partial charge is 0.0378 e. The third-order valence-corrected chi connectivity index (χ3v) is 2.25. The van der Waals surface area contributed by atoms with Gasteiger partial charge in [-0.05, 0) is 64.4 Å². The fourth-order valence-electron chi connectivity index (χ4n) is 1.72. The topological polar surface area (TPSA) is 25.8 Å². The minimum absolute atomic E-state index is 1.09. The molecule has 0 amide bonds. The highest BCUT2D eigenvalue weighted by Gasteiger charge is 1.88. The van der Waals surface area contributed by atoms with Crippen LogP contribution in [0.5, 0.6) is 0 Å². The van der Waals surface area contributed by atoms with Crippen LogP contribution in [0.25, 0.3) is 0 Å². The molecule has 0 saturated heterocycles. The molecular weight excluding hydrogens is 208 g/mol. The van der Waals surface area contributed by atoms with Gasteiger partial charge in [-0.3, -0.25) is 9.97 Å². The van der Waals surface area contributed by atoms with Crippen molar-refractivity contribution in [2.75, 3.05) is 0 Å². The van der Waals surface area contributed by atoms with Crippen LogP contribution >= 0.6 is 0 Å². The minimum atomic E-state index is 1.09. The first-order valence-corrected chi connectivity index (χ1v) is 5.79. The Hall–Kier alpha value is -1.70. The quantitative estimate of drug-likeness (QED) is 0.687. The number of hydrogen-bond donors (Lipinski definition) is 0. The van der Waals surface area contributed by atoms with E-state index in [0.29, 0.717) is 0 Å². The van der Waals surface area contributed by atoms with E-state index in [-0.39, 0.29) is 0 Å². The molecule has 2 heterocycles. The normalized spacial score (nSPS) is 9.47. The van der Waals surface area contributed by atoms with E-state index in [1.165, 1.54) is 5.56 Å². The molecule has 90 valence electrons. The largest absolute Gasteiger partial charge is 0.258 e. The fraction of sp³-hybridized carbons (Fsp3) is 0.333. The SMILES string of the molecule is Cc1cc(C)nc(C)c1.Cc1cccc(C)n1. The number of rotatable bonds is 0. The fourth-order valence-corrected chi connectivity index (χ4v) is 1.72. The summed E-state index contributed by atoms with van der Waals surface area (Å²) in [4.78, 5) is 8.41. The number of aryl methyl sites for hydroxylation is 5. The van der Waals surface area contributed by atoms with Crippen LogP contribution < -0.4 is 0 Å². The van der Waals surface area contributed by atoms with Crippen LogP contribution in [-0.2, 0) is 0 Å². The van der Waals surface area contributed by atoms with E-state index < -0.39 is 0 Å². The number of pyridine rings is 2. The summed E-state index contributed by atoms with van der Waals surface area (Å²) in [5.74, 6) is 0. The van der Waals surface area contributed by atoms with Gasteiger partial charge in [-0.1, -0.05) is 6.07 Å². The Balaban J connectivity index is 0.000000171. The van der Waals surface area contributed by atoms with E-state index in [1.807, 2.05) is 45.9 Å². The van der Waals surface area contributed by atoms with Gasteiger partial charge in [0, 0.05) is 22.8 Å². The molecule has 2 heteroatoms. The molecule has 0 atom stereocenters. The monoisotopic (exact) mass is 228 g/mol. The van der Waals surface area contributed by atoms with Crippen LogP contribution in [0, 0.1) is 34.6 Å². The van der Waals surface area contributed by atoms with E-state index in [1.54, 1.807) is 0 Å². The van der Waals surface area contributed by atoms with Gasteiger partial charge >= 0.3 is 0 Å². The summed E-state index contributed by atoms with van der Waals surface area (Å²) in [6.45, 7) is 10.1. The predicted octanol–water partition coefficient (Wildman–Crippen LogP) is 3.71. The molecule has 0 unspecified atom stereocenters. The molecule has 2 aromatic rings. The zero-order valence-corrected chi connectivity index (χ0v) is 11.3. The lowest BCUT2D eigenvalue weighted by Crippen LogP contribution is -1.85. The highest BCUT2D eigenvalue weighted by atomic mass is 14.7. The number of aromatic nitrogens is 2. The van der Waals surface area contributed by atoms with Crippen molar-refractivity contribution in [3.8, 4) is 0 Å². The van der Waals surface area contributed by atoms with Gasteiger partial charge in [0.2, 0.25) is 0 Å². The van der Waals surface area contributed by atoms with E-state index >= 15 is 0 Å². The van der Waals surface area contributed by atoms with Crippen molar-refractivity contribution in [2.45, 2.75) is 34.6 Å². The Morgan fingerprint density at radius 2 is 1.06 bits per heavy atom. The first-order chi connectivity index (χ1) is 7.97. The first-order valence-electron chi connectivity index (χ1n) is 5.79. The van der Waals surface area contributed by atoms with Crippen molar-refractivity contribution < 1.29 is 0 Å². The predicted molar refractivity (Wildman–Crippen MR) is 72.2 cm³/mol. The lowest BCUT2D eigenvalue weighted by Gasteiger charge is -1.96. The second-order valence-electron chi connectivity index (χ2n) is 4.35. The Labute approximate surface area is 104 Å². The van der Waals surface area contributed by atoms with Crippen LogP contribution in [-0.4, -0.2) is 9.97 Å². The van der Waals surface area contributed by atoms with Gasteiger partial charge < -0.3 is 0 Å². The second kappa shape index (κ2) is 6.14. The highest BCUT2D eigenvalue weighted by Crippen LogP contribution is 2.01. The average Bonchev–Trinajstić information content (AvgIpc) is 2.15. The van der Waals surface area contributed by atoms with Crippen molar-refractivity contribution in [3.63, 3.8) is 0 Å². The second-order valence-corrected chi connectivity index (χ2v) is 4.35. The number of hydrogen-bond acceptors (Lipinski definition) is 2. The Morgan fingerprint density at radius 1 is 0.647 bits per heavy atom. The van der Waals surface area contributed by atoms with E-state index in [4.69, 9.17) is 0 Å². The van der Waals surface area contributed by atoms with Gasteiger partial charge in [-0.15, -0.1) is 0 Å². The Kier molecular flexibility index (Phi) is 4.83. The molecule has 0 bridgehead atoms. The molecule has 0 aliphatic rings. The maximum atomic E-state index is 4.23. The minimum Gasteiger partial charge on any atom is -0.258 e. The molecule has 0 aliphatic carbocycles. The van der Waals surface area contributed by atoms with Crippen molar-refractivity contribution in [1.82, 2.24) is 9.97 Å². The van der Waals surface area contributed by atoms with Crippen molar-refractivity contribution in [1.29, 1.82) is 0 Å². The number of nitrogens with zero attached hydrogens (tertiary/aromatic N) is 2. The molecule has 0 aliphatic heterocycles. The summed E-state index contributed by atoms with van der Waals surface area (Å²) < 4.78 is 0. The van der Waals surface area contributed by atoms with Gasteiger partial charge in [0.25, 0.3) is 0 Å². The maximum Gasteiger partial charge on any atom is 0.0378 e. The summed E-state index contributed by atoms with van der Waals surface area (Å²) in [7, 11) is 0. The summed E-state index contributed by atoms with van der Waals surface area (Å²) >= 11 is 0. The summed E-state index contributed by atoms with van der Waals surface area (Å²) in [6, 6.07) is 10.2. The first kappa shape index (κ1) is 13.4. The van der Waals surface area contributed by atoms with Crippen molar-refractivity contribution >= 4 is 0 Å². The third-order valence-electron chi connectivity index (χ3n) is 2.25. The van der Waals surface area contributed by atoms with Gasteiger partial charge in [0.05, 0.1) is 0 Å². The van der Waals surface area contributed by atoms with Crippen LogP contribution in [0.2, 0.25) is 0 Å². The molecule has 0 N–H and O–H groups in total. The van der Waals surface area contributed by atoms with Gasteiger partial charge in [0.15, 0.2) is 0 Å². The Bertz CT molecular complexity index is 422. The van der Waals surface area contributed by atoms with Gasteiger partial charge in [-0.2, -0.15) is 0 Å². The van der Waals surface area contributed by atoms with Gasteiger partial charge in [0.1, 0.15) is 0 Å². The lowest BCUT2D eigenvalue weighted by molar-refractivity contribution is 1.10. The van der Waals surface area contributed by atoms with Crippen LogP contribution in [0.1, 0.15) is 28.3 Å². The molecule has 0 saturated carbocycles. The van der Waals surface area contributed by atoms with Gasteiger partial charge in [-0.25, -0.2) is 0 Å². The molecule has 2 rings (SSSR count). The molecule has 0 spiro atoms. The van der Waals surface area contributed by atoms with Crippen LogP contribution in [0.4, 0.5) is 0 Å².